The Morgan fingerprint density at radius 2 is 1.42 bits per heavy atom. The molecule has 0 saturated heterocycles. The van der Waals surface area contributed by atoms with Gasteiger partial charge in [-0.25, -0.2) is 0 Å². The number of Topliss-reactive ketones (excluding diaryl/α,β-unsaturated/α-hetero) is 1. The number of rotatable bonds is 13. The summed E-state index contributed by atoms with van der Waals surface area (Å²) in [5.41, 5.74) is 9.62. The Morgan fingerprint density at radius 3 is 2.17 bits per heavy atom. The van der Waals surface area contributed by atoms with Crippen molar-refractivity contribution in [2.24, 2.45) is 4.99 Å². The van der Waals surface area contributed by atoms with Gasteiger partial charge in [-0.15, -0.1) is 0 Å². The zero-order valence-corrected chi connectivity index (χ0v) is 33.7. The maximum Gasteiger partial charge on any atom is 0.261 e. The molecule has 0 fully saturated rings. The highest BCUT2D eigenvalue weighted by atomic mass is 16.5. The smallest absolute Gasteiger partial charge is 0.261 e. The predicted octanol–water partition coefficient (Wildman–Crippen LogP) is 9.10. The molecule has 0 aliphatic carbocycles. The van der Waals surface area contributed by atoms with Gasteiger partial charge in [0.1, 0.15) is 30.5 Å². The van der Waals surface area contributed by atoms with Gasteiger partial charge in [0, 0.05) is 48.1 Å². The van der Waals surface area contributed by atoms with Gasteiger partial charge in [0.2, 0.25) is 0 Å². The number of aryl methyl sites for hydroxylation is 2. The number of ketones is 1. The number of fused-ring (bicyclic) bond motifs is 8. The maximum absolute atomic E-state index is 14.0. The summed E-state index contributed by atoms with van der Waals surface area (Å²) in [6, 6.07) is 29.6. The molecule has 10 nitrogen and oxygen atoms in total. The van der Waals surface area contributed by atoms with Crippen molar-refractivity contribution in [3.63, 3.8) is 0 Å². The van der Waals surface area contributed by atoms with Crippen molar-refractivity contribution < 1.29 is 33.3 Å². The minimum Gasteiger partial charge on any atom is -0.494 e. The van der Waals surface area contributed by atoms with Gasteiger partial charge < -0.3 is 28.6 Å². The molecule has 0 spiro atoms. The number of hydrogen-bond acceptors (Lipinski definition) is 8. The summed E-state index contributed by atoms with van der Waals surface area (Å²) < 4.78 is 24.9. The monoisotopic (exact) mass is 789 g/mol. The molecule has 0 saturated carbocycles. The predicted molar refractivity (Wildman–Crippen MR) is 227 cm³/mol. The van der Waals surface area contributed by atoms with Crippen molar-refractivity contribution >= 4 is 40.9 Å². The topological polar surface area (TPSA) is 107 Å². The second-order valence-electron chi connectivity index (χ2n) is 15.9. The number of carbonyl (C=O) groups is 3. The zero-order chi connectivity index (χ0) is 40.6. The lowest BCUT2D eigenvalue weighted by Crippen LogP contribution is -2.37. The second-order valence-corrected chi connectivity index (χ2v) is 15.9. The quantitative estimate of drug-likeness (QED) is 0.110. The van der Waals surface area contributed by atoms with Gasteiger partial charge in [-0.1, -0.05) is 36.4 Å². The first kappa shape index (κ1) is 38.1. The number of amides is 2. The van der Waals surface area contributed by atoms with Gasteiger partial charge in [-0.2, -0.15) is 0 Å². The van der Waals surface area contributed by atoms with Crippen molar-refractivity contribution in [3.8, 4) is 23.0 Å². The molecule has 2 atom stereocenters. The zero-order valence-electron chi connectivity index (χ0n) is 33.7. The third kappa shape index (κ3) is 7.55. The van der Waals surface area contributed by atoms with Crippen LogP contribution in [0.15, 0.2) is 96.0 Å². The molecule has 5 aromatic carbocycles. The fourth-order valence-electron chi connectivity index (χ4n) is 8.87. The Balaban J connectivity index is 0.940. The maximum atomic E-state index is 14.0. The normalized spacial score (nSPS) is 17.2. The summed E-state index contributed by atoms with van der Waals surface area (Å²) in [6.45, 7) is 4.50. The highest BCUT2D eigenvalue weighted by Gasteiger charge is 2.38. The average molecular weight is 790 g/mol. The van der Waals surface area contributed by atoms with Gasteiger partial charge in [-0.05, 0) is 128 Å². The molecule has 0 N–H and O–H groups in total. The van der Waals surface area contributed by atoms with Crippen LogP contribution in [0.2, 0.25) is 0 Å². The van der Waals surface area contributed by atoms with Crippen LogP contribution < -0.4 is 28.7 Å². The highest BCUT2D eigenvalue weighted by molar-refractivity contribution is 6.15. The molecule has 4 heterocycles. The van der Waals surface area contributed by atoms with Crippen molar-refractivity contribution in [3.05, 3.63) is 136 Å². The first-order chi connectivity index (χ1) is 28.7. The summed E-state index contributed by atoms with van der Waals surface area (Å²) in [6.07, 6.45) is 7.14. The van der Waals surface area contributed by atoms with Gasteiger partial charge in [0.05, 0.1) is 31.0 Å². The van der Waals surface area contributed by atoms with Gasteiger partial charge in [0.15, 0.2) is 11.5 Å². The molecule has 4 aliphatic rings. The van der Waals surface area contributed by atoms with Crippen LogP contribution in [0.1, 0.15) is 86.7 Å². The summed E-state index contributed by atoms with van der Waals surface area (Å²) in [5.74, 6) is 2.39. The lowest BCUT2D eigenvalue weighted by Gasteiger charge is -2.23. The van der Waals surface area contributed by atoms with Crippen molar-refractivity contribution in [1.82, 2.24) is 0 Å². The number of hydrogen-bond donors (Lipinski definition) is 0. The van der Waals surface area contributed by atoms with Crippen LogP contribution in [0.4, 0.5) is 17.1 Å². The van der Waals surface area contributed by atoms with Crippen molar-refractivity contribution in [1.29, 1.82) is 0 Å². The van der Waals surface area contributed by atoms with Crippen molar-refractivity contribution in [2.75, 3.05) is 23.5 Å². The third-order valence-corrected chi connectivity index (χ3v) is 11.8. The Kier molecular flexibility index (Phi) is 10.4. The number of methoxy groups -OCH3 is 1. The Morgan fingerprint density at radius 1 is 0.729 bits per heavy atom. The summed E-state index contributed by atoms with van der Waals surface area (Å²) in [4.78, 5) is 48.0. The van der Waals surface area contributed by atoms with Crippen LogP contribution >= 0.6 is 0 Å². The number of aliphatic imine (C=N–C) groups is 1. The van der Waals surface area contributed by atoms with E-state index >= 15 is 0 Å². The van der Waals surface area contributed by atoms with Gasteiger partial charge in [-0.3, -0.25) is 19.5 Å². The lowest BCUT2D eigenvalue weighted by atomic mass is 9.98. The molecular formula is C49H47N3O7. The summed E-state index contributed by atoms with van der Waals surface area (Å²) >= 11 is 0. The molecule has 9 rings (SSSR count). The molecule has 300 valence electrons. The van der Waals surface area contributed by atoms with E-state index < -0.39 is 0 Å². The molecular weight excluding hydrogens is 743 g/mol. The number of anilines is 2. The SMILES string of the molecule is COc1cc2c(cc1OCc1cc(COc3cc4c(cc3C)C(=O)N3c5ccccc5C[C@H]3CC4)cc(OCCCCC(C)=O)c1)N=C[C@@H]1Cc3ccccc3N1C2=O. The second kappa shape index (κ2) is 16.1. The minimum absolute atomic E-state index is 0.0514. The molecule has 2 amide bonds. The minimum atomic E-state index is -0.165. The first-order valence-electron chi connectivity index (χ1n) is 20.5. The number of ether oxygens (including phenoxy) is 4. The standard InChI is InChI=1S/C49H47N3O7/c1-30-18-40-34(15-16-37-22-35-11-4-6-13-43(35)51(37)48(40)54)24-45(30)58-28-32-19-33(21-39(20-32)57-17-9-8-10-31(2)53)29-59-47-26-42-41(25-46(47)56-3)49(55)52-38(27-50-42)23-36-12-5-7-14-44(36)52/h4-7,11-14,18-21,24-27,37-38H,8-10,15-17,22-23,28-29H2,1-3H3/t37-,38+/m1/s1. The molecule has 10 heteroatoms. The van der Waals surface area contributed by atoms with E-state index in [1.165, 1.54) is 5.56 Å². The van der Waals surface area contributed by atoms with E-state index in [1.54, 1.807) is 26.2 Å². The fourth-order valence-corrected chi connectivity index (χ4v) is 8.87. The largest absolute Gasteiger partial charge is 0.494 e. The molecule has 0 unspecified atom stereocenters. The van der Waals surface area contributed by atoms with Gasteiger partial charge >= 0.3 is 0 Å². The molecule has 5 aromatic rings. The highest BCUT2D eigenvalue weighted by Crippen LogP contribution is 2.42. The number of nitrogens with zero attached hydrogens (tertiary/aromatic N) is 3. The lowest BCUT2D eigenvalue weighted by molar-refractivity contribution is -0.117. The van der Waals surface area contributed by atoms with Crippen LogP contribution in [0, 0.1) is 6.92 Å². The molecule has 4 aliphatic heterocycles. The van der Waals surface area contributed by atoms with E-state index in [4.69, 9.17) is 23.9 Å². The van der Waals surface area contributed by atoms with E-state index in [0.29, 0.717) is 47.9 Å². The van der Waals surface area contributed by atoms with Crippen LogP contribution in [-0.2, 0) is 37.3 Å². The number of carbonyl (C=O) groups excluding carboxylic acids is 3. The third-order valence-electron chi connectivity index (χ3n) is 11.8. The molecule has 0 bridgehead atoms. The fraction of sp³-hybridized carbons (Fsp3) is 0.306. The summed E-state index contributed by atoms with van der Waals surface area (Å²) in [7, 11) is 1.56. The number of unbranched alkanes of at least 4 members (excludes halogenated alkanes) is 1. The van der Waals surface area contributed by atoms with E-state index in [-0.39, 0.29) is 42.9 Å². The Hall–Kier alpha value is -6.42. The first-order valence-corrected chi connectivity index (χ1v) is 20.5. The molecule has 59 heavy (non-hydrogen) atoms. The van der Waals surface area contributed by atoms with E-state index in [1.807, 2.05) is 83.6 Å². The number of para-hydroxylation sites is 2. The molecule has 0 aromatic heterocycles. The van der Waals surface area contributed by atoms with Crippen LogP contribution in [0.3, 0.4) is 0 Å². The average Bonchev–Trinajstić information content (AvgIpc) is 3.73. The van der Waals surface area contributed by atoms with E-state index in [9.17, 15) is 14.4 Å². The van der Waals surface area contributed by atoms with Crippen LogP contribution in [-0.4, -0.2) is 49.6 Å². The van der Waals surface area contributed by atoms with Crippen molar-refractivity contribution in [2.45, 2.75) is 84.1 Å². The molecule has 0 radical (unpaired) electrons. The van der Waals surface area contributed by atoms with E-state index in [0.717, 1.165) is 82.6 Å². The van der Waals surface area contributed by atoms with Crippen LogP contribution in [0.25, 0.3) is 0 Å². The van der Waals surface area contributed by atoms with E-state index in [2.05, 4.69) is 18.2 Å². The van der Waals surface area contributed by atoms with Gasteiger partial charge in [0.25, 0.3) is 11.8 Å². The summed E-state index contributed by atoms with van der Waals surface area (Å²) in [5, 5.41) is 0. The van der Waals surface area contributed by atoms with Crippen LogP contribution in [0.5, 0.6) is 23.0 Å². The Bertz CT molecular complexity index is 2510. The Labute approximate surface area is 344 Å². The number of benzene rings is 5.